The summed E-state index contributed by atoms with van der Waals surface area (Å²) < 4.78 is 0. The van der Waals surface area contributed by atoms with Gasteiger partial charge < -0.3 is 10.6 Å². The van der Waals surface area contributed by atoms with Crippen LogP contribution in [0.25, 0.3) is 0 Å². The predicted octanol–water partition coefficient (Wildman–Crippen LogP) is 5.19. The maximum absolute atomic E-state index is 12.9. The lowest BCUT2D eigenvalue weighted by atomic mass is 9.99. The van der Waals surface area contributed by atoms with E-state index in [0.29, 0.717) is 22.9 Å². The van der Waals surface area contributed by atoms with Crippen LogP contribution in [0.2, 0.25) is 5.02 Å². The normalized spacial score (nSPS) is 13.0. The van der Waals surface area contributed by atoms with Gasteiger partial charge in [0.1, 0.15) is 6.04 Å². The molecule has 6 heteroatoms. The van der Waals surface area contributed by atoms with Gasteiger partial charge in [-0.25, -0.2) is 0 Å². The second kappa shape index (κ2) is 11.3. The van der Waals surface area contributed by atoms with Crippen LogP contribution in [0.3, 0.4) is 0 Å². The van der Waals surface area contributed by atoms with Gasteiger partial charge in [-0.2, -0.15) is 11.8 Å². The first-order chi connectivity index (χ1) is 13.8. The molecule has 0 fully saturated rings. The molecule has 2 aromatic rings. The summed E-state index contributed by atoms with van der Waals surface area (Å²) in [5.74, 6) is 0.689. The van der Waals surface area contributed by atoms with Crippen LogP contribution >= 0.6 is 23.4 Å². The molecule has 0 radical (unpaired) electrons. The Labute approximate surface area is 182 Å². The number of rotatable bonds is 9. The topological polar surface area (TPSA) is 58.2 Å². The summed E-state index contributed by atoms with van der Waals surface area (Å²) in [6, 6.07) is 14.3. The highest BCUT2D eigenvalue weighted by Gasteiger charge is 2.23. The van der Waals surface area contributed by atoms with E-state index in [9.17, 15) is 9.59 Å². The Bertz CT molecular complexity index is 824. The Balaban J connectivity index is 2.07. The third kappa shape index (κ3) is 6.79. The van der Waals surface area contributed by atoms with Crippen molar-refractivity contribution in [1.82, 2.24) is 10.6 Å². The van der Waals surface area contributed by atoms with Crippen molar-refractivity contribution < 1.29 is 9.59 Å². The van der Waals surface area contributed by atoms with E-state index in [2.05, 4.69) is 36.6 Å². The highest BCUT2D eigenvalue weighted by atomic mass is 35.5. The van der Waals surface area contributed by atoms with Crippen LogP contribution in [0.1, 0.15) is 60.6 Å². The van der Waals surface area contributed by atoms with Crippen LogP contribution in [0, 0.1) is 0 Å². The van der Waals surface area contributed by atoms with Crippen molar-refractivity contribution in [2.75, 3.05) is 12.0 Å². The molecule has 0 saturated heterocycles. The van der Waals surface area contributed by atoms with Crippen molar-refractivity contribution in [2.45, 2.75) is 45.2 Å². The molecular formula is C23H29ClN2O2S. The second-order valence-corrected chi connectivity index (χ2v) is 8.73. The molecule has 29 heavy (non-hydrogen) atoms. The minimum absolute atomic E-state index is 0.155. The van der Waals surface area contributed by atoms with E-state index in [-0.39, 0.29) is 17.9 Å². The first-order valence-electron chi connectivity index (χ1n) is 9.78. The summed E-state index contributed by atoms with van der Waals surface area (Å²) in [4.78, 5) is 25.5. The fourth-order valence-electron chi connectivity index (χ4n) is 2.95. The molecule has 0 aromatic heterocycles. The smallest absolute Gasteiger partial charge is 0.253 e. The zero-order valence-electron chi connectivity index (χ0n) is 17.4. The maximum atomic E-state index is 12.9. The van der Waals surface area contributed by atoms with Gasteiger partial charge in [0.2, 0.25) is 5.91 Å². The Kier molecular flexibility index (Phi) is 9.05. The van der Waals surface area contributed by atoms with Crippen LogP contribution in [0.15, 0.2) is 48.5 Å². The van der Waals surface area contributed by atoms with E-state index >= 15 is 0 Å². The van der Waals surface area contributed by atoms with E-state index in [0.717, 1.165) is 11.3 Å². The zero-order chi connectivity index (χ0) is 21.4. The molecule has 0 aliphatic heterocycles. The van der Waals surface area contributed by atoms with Crippen LogP contribution in [0.5, 0.6) is 0 Å². The number of hydrogen-bond acceptors (Lipinski definition) is 3. The Hall–Kier alpha value is -1.98. The molecule has 2 aromatic carbocycles. The van der Waals surface area contributed by atoms with Gasteiger partial charge in [-0.3, -0.25) is 9.59 Å². The van der Waals surface area contributed by atoms with Crippen LogP contribution in [0.4, 0.5) is 0 Å². The molecule has 156 valence electrons. The Morgan fingerprint density at radius 3 is 2.17 bits per heavy atom. The van der Waals surface area contributed by atoms with Gasteiger partial charge in [0.05, 0.1) is 16.6 Å². The molecule has 0 spiro atoms. The lowest BCUT2D eigenvalue weighted by molar-refractivity contribution is -0.123. The number of thioether (sulfide) groups is 1. The quantitative estimate of drug-likeness (QED) is 0.573. The van der Waals surface area contributed by atoms with Crippen LogP contribution < -0.4 is 10.6 Å². The number of hydrogen-bond donors (Lipinski definition) is 2. The lowest BCUT2D eigenvalue weighted by Gasteiger charge is -2.22. The summed E-state index contributed by atoms with van der Waals surface area (Å²) in [6.07, 6.45) is 2.52. The first-order valence-corrected chi connectivity index (χ1v) is 11.5. The Morgan fingerprint density at radius 1 is 0.966 bits per heavy atom. The molecule has 0 bridgehead atoms. The monoisotopic (exact) mass is 432 g/mol. The minimum Gasteiger partial charge on any atom is -0.348 e. The fourth-order valence-corrected chi connectivity index (χ4v) is 3.65. The standard InChI is InChI=1S/C23H29ClN2O2S/c1-15(2)17-9-11-18(12-10-17)16(3)25-23(28)21(13-14-29-4)26-22(27)19-7-5-6-8-20(19)24/h5-12,15-16,21H,13-14H2,1-4H3,(H,25,28)(H,26,27). The summed E-state index contributed by atoms with van der Waals surface area (Å²) in [6.45, 7) is 6.25. The molecular weight excluding hydrogens is 404 g/mol. The van der Waals surface area contributed by atoms with Gasteiger partial charge in [-0.05, 0) is 54.5 Å². The van der Waals surface area contributed by atoms with Crippen molar-refractivity contribution in [3.8, 4) is 0 Å². The molecule has 2 amide bonds. The number of carbonyl (C=O) groups is 2. The third-order valence-electron chi connectivity index (χ3n) is 4.81. The molecule has 2 rings (SSSR count). The van der Waals surface area contributed by atoms with E-state index in [1.165, 1.54) is 5.56 Å². The zero-order valence-corrected chi connectivity index (χ0v) is 18.9. The van der Waals surface area contributed by atoms with E-state index in [1.54, 1.807) is 36.0 Å². The molecule has 0 heterocycles. The molecule has 0 aliphatic carbocycles. The van der Waals surface area contributed by atoms with E-state index < -0.39 is 6.04 Å². The largest absolute Gasteiger partial charge is 0.348 e. The van der Waals surface area contributed by atoms with Crippen molar-refractivity contribution in [3.05, 3.63) is 70.2 Å². The van der Waals surface area contributed by atoms with Gasteiger partial charge in [0.15, 0.2) is 0 Å². The number of carbonyl (C=O) groups excluding carboxylic acids is 2. The first kappa shape index (κ1) is 23.3. The van der Waals surface area contributed by atoms with Crippen molar-refractivity contribution in [1.29, 1.82) is 0 Å². The van der Waals surface area contributed by atoms with Crippen molar-refractivity contribution in [2.24, 2.45) is 0 Å². The van der Waals surface area contributed by atoms with Gasteiger partial charge in [-0.15, -0.1) is 0 Å². The second-order valence-electron chi connectivity index (χ2n) is 7.34. The van der Waals surface area contributed by atoms with E-state index in [4.69, 9.17) is 11.6 Å². The SMILES string of the molecule is CSCCC(NC(=O)c1ccccc1Cl)C(=O)NC(C)c1ccc(C(C)C)cc1. The fraction of sp³-hybridized carbons (Fsp3) is 0.391. The molecule has 0 aliphatic rings. The summed E-state index contributed by atoms with van der Waals surface area (Å²) >= 11 is 7.76. The van der Waals surface area contributed by atoms with Gasteiger partial charge in [-0.1, -0.05) is 61.8 Å². The maximum Gasteiger partial charge on any atom is 0.253 e. The van der Waals surface area contributed by atoms with Gasteiger partial charge >= 0.3 is 0 Å². The average molecular weight is 433 g/mol. The summed E-state index contributed by atoms with van der Waals surface area (Å²) in [5.41, 5.74) is 2.66. The molecule has 2 atom stereocenters. The number of benzene rings is 2. The number of nitrogens with one attached hydrogen (secondary N) is 2. The molecule has 0 saturated carbocycles. The van der Waals surface area contributed by atoms with Gasteiger partial charge in [0, 0.05) is 0 Å². The number of halogens is 1. The van der Waals surface area contributed by atoms with E-state index in [1.807, 2.05) is 25.3 Å². The lowest BCUT2D eigenvalue weighted by Crippen LogP contribution is -2.47. The number of amides is 2. The summed E-state index contributed by atoms with van der Waals surface area (Å²) in [7, 11) is 0. The average Bonchev–Trinajstić information content (AvgIpc) is 2.71. The highest BCUT2D eigenvalue weighted by molar-refractivity contribution is 7.98. The van der Waals surface area contributed by atoms with Crippen LogP contribution in [-0.2, 0) is 4.79 Å². The Morgan fingerprint density at radius 2 is 1.59 bits per heavy atom. The molecule has 2 unspecified atom stereocenters. The minimum atomic E-state index is -0.622. The van der Waals surface area contributed by atoms with Crippen LogP contribution in [-0.4, -0.2) is 29.9 Å². The predicted molar refractivity (Wildman–Crippen MR) is 123 cm³/mol. The summed E-state index contributed by atoms with van der Waals surface area (Å²) in [5, 5.41) is 6.24. The molecule has 2 N–H and O–H groups in total. The van der Waals surface area contributed by atoms with Gasteiger partial charge in [0.25, 0.3) is 5.91 Å². The highest BCUT2D eigenvalue weighted by Crippen LogP contribution is 2.19. The third-order valence-corrected chi connectivity index (χ3v) is 5.79. The molecule has 4 nitrogen and oxygen atoms in total. The van der Waals surface area contributed by atoms with Crippen molar-refractivity contribution >= 4 is 35.2 Å². The van der Waals surface area contributed by atoms with Crippen molar-refractivity contribution in [3.63, 3.8) is 0 Å².